The smallest absolute Gasteiger partial charge is 0.413 e. The van der Waals surface area contributed by atoms with E-state index in [2.05, 4.69) is 62.3 Å². The monoisotopic (exact) mass is 1040 g/mol. The topological polar surface area (TPSA) is 239 Å². The maximum absolute atomic E-state index is 13.9. The number of nitrogens with zero attached hydrogens (tertiary/aromatic N) is 8. The normalized spacial score (nSPS) is 21.9. The summed E-state index contributed by atoms with van der Waals surface area (Å²) in [5.74, 6) is 0.971. The number of aliphatic imine (C=N–C) groups is 2. The lowest BCUT2D eigenvalue weighted by Crippen LogP contribution is -2.57. The second-order valence-corrected chi connectivity index (χ2v) is 20.9. The number of benzene rings is 1. The highest BCUT2D eigenvalue weighted by atomic mass is 16.6. The highest BCUT2D eigenvalue weighted by Gasteiger charge is 2.40. The van der Waals surface area contributed by atoms with Gasteiger partial charge in [-0.2, -0.15) is 10.5 Å². The van der Waals surface area contributed by atoms with Crippen molar-refractivity contribution in [3.8, 4) is 12.1 Å². The summed E-state index contributed by atoms with van der Waals surface area (Å²) in [6.45, 7) is 15.2. The van der Waals surface area contributed by atoms with Gasteiger partial charge >= 0.3 is 12.2 Å². The number of rotatable bonds is 15. The molecule has 1 aromatic rings. The van der Waals surface area contributed by atoms with Crippen molar-refractivity contribution in [3.63, 3.8) is 0 Å². The summed E-state index contributed by atoms with van der Waals surface area (Å²) in [4.78, 5) is 70.4. The van der Waals surface area contributed by atoms with Crippen LogP contribution >= 0.6 is 0 Å². The fourth-order valence-corrected chi connectivity index (χ4v) is 11.0. The van der Waals surface area contributed by atoms with Crippen molar-refractivity contribution in [1.82, 2.24) is 40.9 Å². The number of ether oxygens (including phenoxy) is 4. The summed E-state index contributed by atoms with van der Waals surface area (Å²) < 4.78 is 21.2. The van der Waals surface area contributed by atoms with Gasteiger partial charge in [-0.25, -0.2) is 19.6 Å². The van der Waals surface area contributed by atoms with Gasteiger partial charge in [0.15, 0.2) is 0 Å². The number of nitriles is 2. The van der Waals surface area contributed by atoms with Crippen LogP contribution in [0.2, 0.25) is 0 Å². The van der Waals surface area contributed by atoms with Gasteiger partial charge in [0.1, 0.15) is 23.2 Å². The molecule has 0 radical (unpaired) electrons. The molecule has 75 heavy (non-hydrogen) atoms. The standard InChI is InChI=1S/C30H44N6O4.C25H42N6O4/c1-2-40-29(38)33-28(36-17-19-39-20-18-36)32-26(21-24-9-5-3-6-10-24)27(37)34-30(23-31)13-15-35(16-14-30)22-25-11-7-4-8-12-25;1-3-30-12-10-25(19-26,11-13-30)29-22(32)21(18-20-8-6-5-7-9-20)27-23(28-24(33)35-4-2)31-14-16-34-17-15-31/h4,7-8,11-12,24,26H,2-3,5-6,9-10,13-22H2,1H3,(H,34,37)(H,32,33,38);20-21H,3-18H2,1-2H3,(H,29,32)(H,27,28,33). The molecule has 4 aliphatic heterocycles. The Morgan fingerprint density at radius 1 is 0.613 bits per heavy atom. The lowest BCUT2D eigenvalue weighted by molar-refractivity contribution is -0.125. The SMILES string of the molecule is CCOC(=O)NC(=NC(CC1CCCCC1)C(=O)NC1(C#N)CCN(CC)CC1)N1CCOCC1.CCOC(=O)NC(=NC(CC1CCCCC1)C(=O)NC1(C#N)CCN(Cc2ccccc2)CC1)N1CCOCC1. The van der Waals surface area contributed by atoms with Crippen molar-refractivity contribution in [2.75, 3.05) is 98.5 Å². The number of morpholine rings is 2. The third-order valence-electron chi connectivity index (χ3n) is 15.6. The van der Waals surface area contributed by atoms with Crippen LogP contribution in [0.25, 0.3) is 0 Å². The van der Waals surface area contributed by atoms with Crippen molar-refractivity contribution in [2.45, 2.75) is 153 Å². The largest absolute Gasteiger partial charge is 0.450 e. The second kappa shape index (κ2) is 30.9. The molecule has 4 heterocycles. The molecule has 7 rings (SSSR count). The minimum Gasteiger partial charge on any atom is -0.450 e. The van der Waals surface area contributed by atoms with Gasteiger partial charge in [-0.3, -0.25) is 25.1 Å². The van der Waals surface area contributed by atoms with E-state index in [1.807, 2.05) is 28.0 Å². The quantitative estimate of drug-likeness (QED) is 0.122. The van der Waals surface area contributed by atoms with Gasteiger partial charge in [0.25, 0.3) is 0 Å². The predicted molar refractivity (Wildman–Crippen MR) is 285 cm³/mol. The first-order valence-electron chi connectivity index (χ1n) is 28.1. The molecule has 2 unspecified atom stereocenters. The summed E-state index contributed by atoms with van der Waals surface area (Å²) in [7, 11) is 0. The molecule has 2 saturated carbocycles. The lowest BCUT2D eigenvalue weighted by Gasteiger charge is -2.38. The number of carbonyl (C=O) groups is 4. The predicted octanol–water partition coefficient (Wildman–Crippen LogP) is 5.69. The minimum atomic E-state index is -0.932. The van der Waals surface area contributed by atoms with Crippen LogP contribution in [-0.4, -0.2) is 177 Å². The molecule has 2 aliphatic carbocycles. The van der Waals surface area contributed by atoms with Crippen LogP contribution in [-0.2, 0) is 35.1 Å². The van der Waals surface area contributed by atoms with Gasteiger partial charge in [0.2, 0.25) is 23.7 Å². The zero-order valence-corrected chi connectivity index (χ0v) is 45.2. The van der Waals surface area contributed by atoms with Crippen LogP contribution in [0.5, 0.6) is 0 Å². The van der Waals surface area contributed by atoms with E-state index in [1.165, 1.54) is 18.4 Å². The van der Waals surface area contributed by atoms with E-state index in [4.69, 9.17) is 28.9 Å². The Kier molecular flexibility index (Phi) is 24.2. The molecule has 4 N–H and O–H groups in total. The summed E-state index contributed by atoms with van der Waals surface area (Å²) in [5, 5.41) is 32.0. The first kappa shape index (κ1) is 58.7. The zero-order chi connectivity index (χ0) is 53.3. The summed E-state index contributed by atoms with van der Waals surface area (Å²) in [5.41, 5.74) is -0.572. The van der Waals surface area contributed by atoms with E-state index < -0.39 is 35.3 Å². The van der Waals surface area contributed by atoms with Crippen LogP contribution in [0, 0.1) is 34.5 Å². The Morgan fingerprint density at radius 3 is 1.39 bits per heavy atom. The average molecular weight is 1040 g/mol. The van der Waals surface area contributed by atoms with Gasteiger partial charge in [-0.05, 0) is 76.3 Å². The number of hydrogen-bond donors (Lipinski definition) is 4. The van der Waals surface area contributed by atoms with Crippen molar-refractivity contribution in [3.05, 3.63) is 35.9 Å². The van der Waals surface area contributed by atoms with Gasteiger partial charge in [0, 0.05) is 58.9 Å². The molecule has 0 bridgehead atoms. The Balaban J connectivity index is 0.000000246. The molecule has 4 amide bonds. The van der Waals surface area contributed by atoms with Gasteiger partial charge in [-0.1, -0.05) is 101 Å². The molecule has 2 atom stereocenters. The molecule has 0 spiro atoms. The highest BCUT2D eigenvalue weighted by Crippen LogP contribution is 2.31. The fraction of sp³-hybridized carbons (Fsp3) is 0.745. The number of alkyl carbamates (subject to hydrolysis) is 2. The van der Waals surface area contributed by atoms with E-state index in [1.54, 1.807) is 13.8 Å². The second-order valence-electron chi connectivity index (χ2n) is 20.9. The molecule has 20 nitrogen and oxygen atoms in total. The minimum absolute atomic E-state index is 0.236. The van der Waals surface area contributed by atoms with Gasteiger partial charge in [-0.15, -0.1) is 0 Å². The Bertz CT molecular complexity index is 2070. The molecule has 6 aliphatic rings. The molecule has 414 valence electrons. The summed E-state index contributed by atoms with van der Waals surface area (Å²) in [6.07, 6.45) is 13.7. The van der Waals surface area contributed by atoms with Gasteiger partial charge in [0.05, 0.1) is 51.8 Å². The molecule has 20 heteroatoms. The van der Waals surface area contributed by atoms with Crippen LogP contribution in [0.4, 0.5) is 9.59 Å². The maximum atomic E-state index is 13.9. The number of guanidine groups is 2. The van der Waals surface area contributed by atoms with Crippen molar-refractivity contribution in [2.24, 2.45) is 21.8 Å². The van der Waals surface area contributed by atoms with Crippen molar-refractivity contribution in [1.29, 1.82) is 10.5 Å². The molecular formula is C55H86N12O8. The third-order valence-corrected chi connectivity index (χ3v) is 15.6. The Labute approximate surface area is 445 Å². The maximum Gasteiger partial charge on any atom is 0.413 e. The first-order chi connectivity index (χ1) is 36.5. The summed E-state index contributed by atoms with van der Waals surface area (Å²) in [6, 6.07) is 13.7. The van der Waals surface area contributed by atoms with E-state index in [9.17, 15) is 29.7 Å². The Morgan fingerprint density at radius 2 is 1.01 bits per heavy atom. The number of likely N-dealkylation sites (tertiary alicyclic amines) is 2. The number of piperidine rings is 2. The van der Waals surface area contributed by atoms with Crippen molar-refractivity contribution < 1.29 is 38.1 Å². The number of nitrogens with one attached hydrogen (secondary N) is 4. The lowest BCUT2D eigenvalue weighted by atomic mass is 9.84. The highest BCUT2D eigenvalue weighted by molar-refractivity contribution is 5.97. The van der Waals surface area contributed by atoms with Crippen LogP contribution in [0.15, 0.2) is 40.3 Å². The number of hydrogen-bond acceptors (Lipinski definition) is 14. The van der Waals surface area contributed by atoms with Crippen molar-refractivity contribution >= 4 is 35.9 Å². The zero-order valence-electron chi connectivity index (χ0n) is 45.2. The molecule has 4 saturated heterocycles. The van der Waals surface area contributed by atoms with E-state index in [-0.39, 0.29) is 25.0 Å². The third kappa shape index (κ3) is 18.9. The fourth-order valence-electron chi connectivity index (χ4n) is 11.0. The number of carbonyl (C=O) groups excluding carboxylic acids is 4. The van der Waals surface area contributed by atoms with E-state index in [0.717, 1.165) is 90.6 Å². The van der Waals surface area contributed by atoms with Crippen LogP contribution in [0.3, 0.4) is 0 Å². The average Bonchev–Trinajstić information content (AvgIpc) is 3.44. The first-order valence-corrected chi connectivity index (χ1v) is 28.1. The molecule has 0 aromatic heterocycles. The van der Waals surface area contributed by atoms with E-state index >= 15 is 0 Å². The Hall–Kier alpha value is -5.54. The molecule has 1 aromatic carbocycles. The molecule has 6 fully saturated rings. The van der Waals surface area contributed by atoms with Crippen LogP contribution < -0.4 is 21.3 Å². The summed E-state index contributed by atoms with van der Waals surface area (Å²) >= 11 is 0. The molecular weight excluding hydrogens is 957 g/mol. The van der Waals surface area contributed by atoms with E-state index in [0.29, 0.717) is 115 Å². The van der Waals surface area contributed by atoms with Crippen LogP contribution in [0.1, 0.15) is 129 Å². The van der Waals surface area contributed by atoms with Gasteiger partial charge < -0.3 is 44.3 Å². The number of amides is 4.